The Kier molecular flexibility index (Phi) is 9.74. The lowest BCUT2D eigenvalue weighted by molar-refractivity contribution is -0.136. The molecule has 1 aliphatic rings. The van der Waals surface area contributed by atoms with Gasteiger partial charge in [-0.1, -0.05) is 18.2 Å². The zero-order chi connectivity index (χ0) is 25.4. The second-order valence-corrected chi connectivity index (χ2v) is 10.7. The highest BCUT2D eigenvalue weighted by Gasteiger charge is 2.33. The summed E-state index contributed by atoms with van der Waals surface area (Å²) in [5.74, 6) is 1.32. The van der Waals surface area contributed by atoms with Crippen molar-refractivity contribution in [3.8, 4) is 11.5 Å². The van der Waals surface area contributed by atoms with Gasteiger partial charge in [-0.15, -0.1) is 17.9 Å². The molecule has 0 fully saturated rings. The summed E-state index contributed by atoms with van der Waals surface area (Å²) in [4.78, 5) is 18.6. The van der Waals surface area contributed by atoms with Crippen LogP contribution >= 0.6 is 11.3 Å². The van der Waals surface area contributed by atoms with Crippen LogP contribution in [0.25, 0.3) is 0 Å². The highest BCUT2D eigenvalue weighted by Crippen LogP contribution is 2.35. The van der Waals surface area contributed by atoms with E-state index in [0.29, 0.717) is 37.7 Å². The van der Waals surface area contributed by atoms with Crippen molar-refractivity contribution in [3.05, 3.63) is 58.8 Å². The van der Waals surface area contributed by atoms with E-state index in [1.165, 1.54) is 4.88 Å². The van der Waals surface area contributed by atoms with Crippen LogP contribution < -0.4 is 9.47 Å². The monoisotopic (exact) mass is 502 g/mol. The van der Waals surface area contributed by atoms with Crippen molar-refractivity contribution < 1.29 is 24.1 Å². The lowest BCUT2D eigenvalue weighted by Crippen LogP contribution is -2.48. The van der Waals surface area contributed by atoms with Crippen molar-refractivity contribution in [2.24, 2.45) is 0 Å². The fourth-order valence-electron chi connectivity index (χ4n) is 4.15. The number of nitrogens with zero attached hydrogens (tertiary/aromatic N) is 2. The molecular formula is C27H38N2O5S. The maximum absolute atomic E-state index is 13.5. The molecule has 35 heavy (non-hydrogen) atoms. The van der Waals surface area contributed by atoms with E-state index < -0.39 is 6.10 Å². The van der Waals surface area contributed by atoms with Gasteiger partial charge in [0, 0.05) is 24.5 Å². The normalized spacial score (nSPS) is 16.6. The molecule has 8 heteroatoms. The summed E-state index contributed by atoms with van der Waals surface area (Å²) >= 11 is 1.72. The minimum absolute atomic E-state index is 0.00117. The molecule has 2 aromatic rings. The zero-order valence-electron chi connectivity index (χ0n) is 21.2. The van der Waals surface area contributed by atoms with Gasteiger partial charge in [-0.3, -0.25) is 9.69 Å². The predicted octanol–water partition coefficient (Wildman–Crippen LogP) is 3.93. The Hall–Kier alpha value is -2.39. The number of methoxy groups -OCH3 is 1. The van der Waals surface area contributed by atoms with Gasteiger partial charge >= 0.3 is 0 Å². The van der Waals surface area contributed by atoms with Crippen molar-refractivity contribution in [2.45, 2.75) is 44.9 Å². The van der Waals surface area contributed by atoms with Crippen LogP contribution in [0, 0.1) is 0 Å². The summed E-state index contributed by atoms with van der Waals surface area (Å²) in [6.45, 7) is 11.9. The van der Waals surface area contributed by atoms with Crippen LogP contribution in [0.5, 0.6) is 11.5 Å². The van der Waals surface area contributed by atoms with Crippen molar-refractivity contribution in [1.29, 1.82) is 0 Å². The number of carbonyl (C=O) groups is 1. The standard InChI is InChI=1S/C27H38N2O5S/c1-6-13-28(16-20(30)18-34-27(2,3)4)17-26(31)29-14-11-25-21(12-15-35-25)22(29)19-33-24-10-8-7-9-23(24)32-5/h6-10,12,15,20,22,30H,1,11,13-14,16-19H2,2-5H3/t20-,22-/m0/s1. The van der Waals surface area contributed by atoms with Crippen LogP contribution in [0.2, 0.25) is 0 Å². The van der Waals surface area contributed by atoms with Crippen LogP contribution in [0.4, 0.5) is 0 Å². The third-order valence-corrected chi connectivity index (χ3v) is 6.80. The summed E-state index contributed by atoms with van der Waals surface area (Å²) in [6.07, 6.45) is 1.88. The van der Waals surface area contributed by atoms with Crippen molar-refractivity contribution in [3.63, 3.8) is 0 Å². The first-order valence-corrected chi connectivity index (χ1v) is 12.9. The molecule has 1 aromatic heterocycles. The zero-order valence-corrected chi connectivity index (χ0v) is 22.1. The van der Waals surface area contributed by atoms with Crippen LogP contribution in [0.15, 0.2) is 48.4 Å². The predicted molar refractivity (Wildman–Crippen MR) is 139 cm³/mol. The summed E-state index contributed by atoms with van der Waals surface area (Å²) in [5.41, 5.74) is 0.805. The number of para-hydroxylation sites is 2. The van der Waals surface area contributed by atoms with Crippen LogP contribution in [0.1, 0.15) is 37.3 Å². The van der Waals surface area contributed by atoms with E-state index in [4.69, 9.17) is 14.2 Å². The topological polar surface area (TPSA) is 71.5 Å². The molecule has 0 aliphatic carbocycles. The number of hydrogen-bond donors (Lipinski definition) is 1. The second-order valence-electron chi connectivity index (χ2n) is 9.67. The molecular weight excluding hydrogens is 464 g/mol. The van der Waals surface area contributed by atoms with E-state index in [1.54, 1.807) is 24.5 Å². The van der Waals surface area contributed by atoms with Gasteiger partial charge in [0.2, 0.25) is 5.91 Å². The van der Waals surface area contributed by atoms with Gasteiger partial charge in [-0.2, -0.15) is 0 Å². The highest BCUT2D eigenvalue weighted by atomic mass is 32.1. The summed E-state index contributed by atoms with van der Waals surface area (Å²) in [7, 11) is 1.62. The van der Waals surface area contributed by atoms with Crippen molar-refractivity contribution in [1.82, 2.24) is 9.80 Å². The number of aliphatic hydroxyl groups is 1. The molecule has 7 nitrogen and oxygen atoms in total. The second kappa shape index (κ2) is 12.5. The molecule has 1 aromatic carbocycles. The lowest BCUT2D eigenvalue weighted by Gasteiger charge is -2.37. The summed E-state index contributed by atoms with van der Waals surface area (Å²) in [6, 6.07) is 9.42. The first-order chi connectivity index (χ1) is 16.7. The lowest BCUT2D eigenvalue weighted by atomic mass is 10.0. The first-order valence-electron chi connectivity index (χ1n) is 12.0. The van der Waals surface area contributed by atoms with Gasteiger partial charge in [0.1, 0.15) is 6.61 Å². The molecule has 1 N–H and O–H groups in total. The quantitative estimate of drug-likeness (QED) is 0.444. The fraction of sp³-hybridized carbons (Fsp3) is 0.519. The number of thiophene rings is 1. The molecule has 0 saturated carbocycles. The van der Waals surface area contributed by atoms with Gasteiger partial charge in [0.15, 0.2) is 11.5 Å². The number of fused-ring (bicyclic) bond motifs is 1. The number of hydrogen-bond acceptors (Lipinski definition) is 7. The SMILES string of the molecule is C=CCN(CC(=O)N1CCc2sccc2[C@@H]1COc1ccccc1OC)C[C@H](O)COC(C)(C)C. The molecule has 3 rings (SSSR count). The Labute approximate surface area is 212 Å². The summed E-state index contributed by atoms with van der Waals surface area (Å²) in [5, 5.41) is 12.6. The smallest absolute Gasteiger partial charge is 0.237 e. The van der Waals surface area contributed by atoms with Gasteiger partial charge in [0.25, 0.3) is 0 Å². The van der Waals surface area contributed by atoms with E-state index in [2.05, 4.69) is 18.0 Å². The maximum Gasteiger partial charge on any atom is 0.237 e. The van der Waals surface area contributed by atoms with Crippen LogP contribution in [-0.2, 0) is 16.0 Å². The number of aliphatic hydroxyl groups excluding tert-OH is 1. The Bertz CT molecular complexity index is 970. The van der Waals surface area contributed by atoms with E-state index in [-0.39, 0.29) is 30.7 Å². The highest BCUT2D eigenvalue weighted by molar-refractivity contribution is 7.10. The van der Waals surface area contributed by atoms with Gasteiger partial charge in [-0.05, 0) is 56.3 Å². The van der Waals surface area contributed by atoms with E-state index in [0.717, 1.165) is 12.0 Å². The van der Waals surface area contributed by atoms with Crippen molar-refractivity contribution >= 4 is 17.2 Å². The molecule has 192 valence electrons. The molecule has 0 spiro atoms. The minimum atomic E-state index is -0.698. The Morgan fingerprint density at radius 3 is 2.74 bits per heavy atom. The Morgan fingerprint density at radius 2 is 2.06 bits per heavy atom. The van der Waals surface area contributed by atoms with Crippen LogP contribution in [0.3, 0.4) is 0 Å². The Morgan fingerprint density at radius 1 is 1.31 bits per heavy atom. The average molecular weight is 503 g/mol. The van der Waals surface area contributed by atoms with E-state index in [1.807, 2.05) is 54.8 Å². The number of carbonyl (C=O) groups excluding carboxylic acids is 1. The average Bonchev–Trinajstić information content (AvgIpc) is 3.30. The first kappa shape index (κ1) is 27.2. The number of benzene rings is 1. The van der Waals surface area contributed by atoms with Gasteiger partial charge in [-0.25, -0.2) is 0 Å². The maximum atomic E-state index is 13.5. The third kappa shape index (κ3) is 7.80. The van der Waals surface area contributed by atoms with E-state index >= 15 is 0 Å². The largest absolute Gasteiger partial charge is 0.493 e. The van der Waals surface area contributed by atoms with E-state index in [9.17, 15) is 9.90 Å². The minimum Gasteiger partial charge on any atom is -0.493 e. The molecule has 0 bridgehead atoms. The molecule has 2 heterocycles. The molecule has 0 saturated heterocycles. The number of rotatable bonds is 12. The summed E-state index contributed by atoms with van der Waals surface area (Å²) < 4.78 is 17.3. The molecule has 0 unspecified atom stereocenters. The fourth-order valence-corrected chi connectivity index (χ4v) is 5.07. The Balaban J connectivity index is 1.70. The van der Waals surface area contributed by atoms with Crippen molar-refractivity contribution in [2.75, 3.05) is 46.5 Å². The molecule has 1 amide bonds. The van der Waals surface area contributed by atoms with Gasteiger partial charge in [0.05, 0.1) is 38.0 Å². The number of ether oxygens (including phenoxy) is 3. The van der Waals surface area contributed by atoms with Crippen LogP contribution in [-0.4, -0.2) is 79.0 Å². The number of amides is 1. The molecule has 1 aliphatic heterocycles. The molecule has 0 radical (unpaired) electrons. The molecule has 2 atom stereocenters. The van der Waals surface area contributed by atoms with Gasteiger partial charge < -0.3 is 24.2 Å². The third-order valence-electron chi connectivity index (χ3n) is 5.80.